The number of thioether (sulfide) groups is 1. The molecule has 0 saturated carbocycles. The number of nitrogens with zero attached hydrogens (tertiary/aromatic N) is 3. The number of anilines is 1. The average molecular weight is 386 g/mol. The monoisotopic (exact) mass is 386 g/mol. The molecule has 8 heteroatoms. The lowest BCUT2D eigenvalue weighted by molar-refractivity contribution is -0.116. The van der Waals surface area contributed by atoms with Crippen molar-refractivity contribution < 1.29 is 14.6 Å². The number of Topliss-reactive ketones (excluding diaryl/α,β-unsaturated/α-hetero) is 1. The van der Waals surface area contributed by atoms with Crippen molar-refractivity contribution in [2.24, 2.45) is 0 Å². The molecule has 1 unspecified atom stereocenters. The van der Waals surface area contributed by atoms with Gasteiger partial charge in [-0.05, 0) is 43.2 Å². The van der Waals surface area contributed by atoms with E-state index < -0.39 is 0 Å². The van der Waals surface area contributed by atoms with Crippen LogP contribution in [0.1, 0.15) is 44.7 Å². The molecule has 0 radical (unpaired) electrons. The van der Waals surface area contributed by atoms with Crippen LogP contribution in [0, 0.1) is 0 Å². The van der Waals surface area contributed by atoms with E-state index in [9.17, 15) is 9.90 Å². The molecule has 2 aliphatic rings. The molecule has 1 aliphatic heterocycles. The molecule has 0 saturated heterocycles. The number of carbonyl (C=O) groups excluding carboxylic acids is 1. The molecule has 27 heavy (non-hydrogen) atoms. The van der Waals surface area contributed by atoms with Crippen LogP contribution < -0.4 is 10.1 Å². The Morgan fingerprint density at radius 1 is 1.37 bits per heavy atom. The van der Waals surface area contributed by atoms with Gasteiger partial charge in [0.15, 0.2) is 17.3 Å². The third kappa shape index (κ3) is 3.18. The van der Waals surface area contributed by atoms with E-state index in [2.05, 4.69) is 22.3 Å². The number of phenolic OH excluding ortho intramolecular Hbond substituents is 1. The molecule has 0 amide bonds. The number of hydrogen-bond donors (Lipinski definition) is 2. The number of rotatable bonds is 5. The summed E-state index contributed by atoms with van der Waals surface area (Å²) in [6.07, 6.45) is 2.19. The highest BCUT2D eigenvalue weighted by atomic mass is 32.2. The molecule has 2 N–H and O–H groups in total. The molecule has 0 fully saturated rings. The summed E-state index contributed by atoms with van der Waals surface area (Å²) in [5.41, 5.74) is 2.51. The van der Waals surface area contributed by atoms with Crippen molar-refractivity contribution in [2.45, 2.75) is 44.3 Å². The van der Waals surface area contributed by atoms with Crippen LogP contribution in [0.3, 0.4) is 0 Å². The van der Waals surface area contributed by atoms with Gasteiger partial charge < -0.3 is 15.2 Å². The molecule has 4 rings (SSSR count). The van der Waals surface area contributed by atoms with Crippen molar-refractivity contribution in [3.63, 3.8) is 0 Å². The maximum atomic E-state index is 12.8. The third-order valence-electron chi connectivity index (χ3n) is 4.72. The summed E-state index contributed by atoms with van der Waals surface area (Å²) in [6.45, 7) is 4.37. The van der Waals surface area contributed by atoms with Gasteiger partial charge in [-0.3, -0.25) is 4.79 Å². The Labute approximate surface area is 161 Å². The Bertz CT molecular complexity index is 922. The number of fused-ring (bicyclic) bond motifs is 1. The second-order valence-corrected chi connectivity index (χ2v) is 7.68. The van der Waals surface area contributed by atoms with Gasteiger partial charge in [0.25, 0.3) is 0 Å². The summed E-state index contributed by atoms with van der Waals surface area (Å²) in [4.78, 5) is 17.4. The van der Waals surface area contributed by atoms with Gasteiger partial charge in [-0.2, -0.15) is 4.98 Å². The summed E-state index contributed by atoms with van der Waals surface area (Å²) >= 11 is 1.56. The molecule has 7 nitrogen and oxygen atoms in total. The van der Waals surface area contributed by atoms with Crippen LogP contribution in [-0.2, 0) is 4.79 Å². The third-order valence-corrected chi connectivity index (χ3v) is 5.44. The van der Waals surface area contributed by atoms with Gasteiger partial charge in [0, 0.05) is 17.7 Å². The number of carbonyl (C=O) groups is 1. The van der Waals surface area contributed by atoms with E-state index in [1.165, 1.54) is 0 Å². The predicted octanol–water partition coefficient (Wildman–Crippen LogP) is 3.52. The SMILES string of the molecule is CCOc1cc(C2C3=C(CCCC3=O)Nc3nc(SCC)nn32)ccc1O. The lowest BCUT2D eigenvalue weighted by Crippen LogP contribution is -2.31. The van der Waals surface area contributed by atoms with E-state index in [-0.39, 0.29) is 17.6 Å². The summed E-state index contributed by atoms with van der Waals surface area (Å²) in [6, 6.07) is 4.84. The Morgan fingerprint density at radius 3 is 3.00 bits per heavy atom. The molecule has 2 heterocycles. The quantitative estimate of drug-likeness (QED) is 0.760. The second-order valence-electron chi connectivity index (χ2n) is 6.45. The van der Waals surface area contributed by atoms with Gasteiger partial charge in [0.05, 0.1) is 6.61 Å². The number of hydrogen-bond acceptors (Lipinski definition) is 7. The maximum absolute atomic E-state index is 12.8. The standard InChI is InChI=1S/C19H22N4O3S/c1-3-26-15-10-11(8-9-13(15)24)17-16-12(6-5-7-14(16)25)20-18-21-19(27-4-2)22-23(17)18/h8-10,17,24H,3-7H2,1-2H3,(H,20,21,22). The van der Waals surface area contributed by atoms with Gasteiger partial charge in [0.1, 0.15) is 6.04 Å². The summed E-state index contributed by atoms with van der Waals surface area (Å²) in [7, 11) is 0. The second kappa shape index (κ2) is 7.26. The van der Waals surface area contributed by atoms with Crippen molar-refractivity contribution in [1.29, 1.82) is 0 Å². The molecule has 2 aromatic rings. The summed E-state index contributed by atoms with van der Waals surface area (Å²) < 4.78 is 7.33. The molecule has 1 atom stereocenters. The van der Waals surface area contributed by atoms with Crippen molar-refractivity contribution in [1.82, 2.24) is 14.8 Å². The Hall–Kier alpha value is -2.48. The van der Waals surface area contributed by atoms with Crippen LogP contribution in [0.15, 0.2) is 34.6 Å². The zero-order valence-electron chi connectivity index (χ0n) is 15.4. The van der Waals surface area contributed by atoms with Crippen LogP contribution >= 0.6 is 11.8 Å². The van der Waals surface area contributed by atoms with Crippen molar-refractivity contribution in [3.05, 3.63) is 35.0 Å². The van der Waals surface area contributed by atoms with E-state index in [1.807, 2.05) is 13.0 Å². The molecule has 0 spiro atoms. The molecule has 1 aliphatic carbocycles. The molecular weight excluding hydrogens is 364 g/mol. The molecular formula is C19H22N4O3S. The highest BCUT2D eigenvalue weighted by Gasteiger charge is 2.37. The fourth-order valence-corrected chi connectivity index (χ4v) is 4.16. The fraction of sp³-hybridized carbons (Fsp3) is 0.421. The molecule has 1 aromatic heterocycles. The van der Waals surface area contributed by atoms with E-state index in [0.717, 1.165) is 35.4 Å². The van der Waals surface area contributed by atoms with Crippen molar-refractivity contribution in [2.75, 3.05) is 17.7 Å². The van der Waals surface area contributed by atoms with Gasteiger partial charge in [0.2, 0.25) is 11.1 Å². The largest absolute Gasteiger partial charge is 0.504 e. The predicted molar refractivity (Wildman–Crippen MR) is 103 cm³/mol. The Morgan fingerprint density at radius 2 is 2.22 bits per heavy atom. The van der Waals surface area contributed by atoms with Gasteiger partial charge in [-0.25, -0.2) is 4.68 Å². The highest BCUT2D eigenvalue weighted by Crippen LogP contribution is 2.42. The minimum atomic E-state index is -0.373. The summed E-state index contributed by atoms with van der Waals surface area (Å²) in [5.74, 6) is 2.14. The van der Waals surface area contributed by atoms with Crippen molar-refractivity contribution >= 4 is 23.5 Å². The van der Waals surface area contributed by atoms with Crippen molar-refractivity contribution in [3.8, 4) is 11.5 Å². The first-order chi connectivity index (χ1) is 13.1. The fourth-order valence-electron chi connectivity index (χ4n) is 3.61. The first-order valence-corrected chi connectivity index (χ1v) is 10.2. The topological polar surface area (TPSA) is 89.3 Å². The normalized spacial score (nSPS) is 18.7. The maximum Gasteiger partial charge on any atom is 0.227 e. The zero-order chi connectivity index (χ0) is 19.0. The number of aromatic hydroxyl groups is 1. The number of aromatic nitrogens is 3. The van der Waals surface area contributed by atoms with Crippen LogP contribution in [0.2, 0.25) is 0 Å². The van der Waals surface area contributed by atoms with E-state index in [0.29, 0.717) is 29.9 Å². The number of ether oxygens (including phenoxy) is 1. The zero-order valence-corrected chi connectivity index (χ0v) is 16.2. The lowest BCUT2D eigenvalue weighted by atomic mass is 9.85. The molecule has 142 valence electrons. The van der Waals surface area contributed by atoms with Crippen LogP contribution in [-0.4, -0.2) is 38.0 Å². The molecule has 1 aromatic carbocycles. The highest BCUT2D eigenvalue weighted by molar-refractivity contribution is 7.99. The van der Waals surface area contributed by atoms with E-state index in [4.69, 9.17) is 4.74 Å². The van der Waals surface area contributed by atoms with Crippen LogP contribution in [0.4, 0.5) is 5.95 Å². The van der Waals surface area contributed by atoms with Gasteiger partial charge >= 0.3 is 0 Å². The number of ketones is 1. The number of benzene rings is 1. The van der Waals surface area contributed by atoms with E-state index in [1.54, 1.807) is 28.6 Å². The Balaban J connectivity index is 1.86. The Kier molecular flexibility index (Phi) is 4.82. The van der Waals surface area contributed by atoms with Gasteiger partial charge in [-0.15, -0.1) is 5.10 Å². The lowest BCUT2D eigenvalue weighted by Gasteiger charge is -2.32. The minimum absolute atomic E-state index is 0.0831. The number of nitrogens with one attached hydrogen (secondary N) is 1. The average Bonchev–Trinajstić information content (AvgIpc) is 3.05. The number of allylic oxidation sites excluding steroid dienone is 2. The minimum Gasteiger partial charge on any atom is -0.504 e. The van der Waals surface area contributed by atoms with Crippen LogP contribution in [0.25, 0.3) is 0 Å². The number of phenols is 1. The van der Waals surface area contributed by atoms with E-state index >= 15 is 0 Å². The first kappa shape index (κ1) is 17.9. The van der Waals surface area contributed by atoms with Gasteiger partial charge in [-0.1, -0.05) is 24.8 Å². The van der Waals surface area contributed by atoms with Crippen LogP contribution in [0.5, 0.6) is 11.5 Å². The smallest absolute Gasteiger partial charge is 0.227 e. The molecule has 0 bridgehead atoms. The first-order valence-electron chi connectivity index (χ1n) is 9.20. The summed E-state index contributed by atoms with van der Waals surface area (Å²) in [5, 5.41) is 18.7.